The molecule has 0 saturated carbocycles. The smallest absolute Gasteiger partial charge is 0.225 e. The Morgan fingerprint density at radius 2 is 1.88 bits per heavy atom. The lowest BCUT2D eigenvalue weighted by Crippen LogP contribution is -2.61. The number of nitrogens with zero attached hydrogens (tertiary/aromatic N) is 3. The molecule has 3 aromatic rings. The maximum absolute atomic E-state index is 13.4. The quantitative estimate of drug-likeness (QED) is 0.676. The molecule has 164 valence electrons. The SMILES string of the molecule is COc1ccccc1N1CCN2c3ccccc3CC(C(=O)NCc3cccnc3)C2C1. The van der Waals surface area contributed by atoms with Gasteiger partial charge in [-0.3, -0.25) is 9.78 Å². The van der Waals surface area contributed by atoms with Crippen LogP contribution >= 0.6 is 0 Å². The van der Waals surface area contributed by atoms with Crippen molar-refractivity contribution in [3.8, 4) is 5.75 Å². The largest absolute Gasteiger partial charge is 0.495 e. The maximum atomic E-state index is 13.4. The summed E-state index contributed by atoms with van der Waals surface area (Å²) in [6, 6.07) is 20.6. The second-order valence-electron chi connectivity index (χ2n) is 8.40. The summed E-state index contributed by atoms with van der Waals surface area (Å²) in [4.78, 5) is 22.3. The molecule has 2 unspecified atom stereocenters. The van der Waals surface area contributed by atoms with Crippen molar-refractivity contribution in [1.82, 2.24) is 10.3 Å². The number of methoxy groups -OCH3 is 1. The van der Waals surface area contributed by atoms with Crippen LogP contribution in [0.2, 0.25) is 0 Å². The number of benzene rings is 2. The summed E-state index contributed by atoms with van der Waals surface area (Å²) >= 11 is 0. The van der Waals surface area contributed by atoms with E-state index in [1.54, 1.807) is 19.5 Å². The van der Waals surface area contributed by atoms with Crippen molar-refractivity contribution < 1.29 is 9.53 Å². The Labute approximate surface area is 188 Å². The van der Waals surface area contributed by atoms with Crippen molar-refractivity contribution in [2.75, 3.05) is 36.5 Å². The van der Waals surface area contributed by atoms with Gasteiger partial charge in [0.15, 0.2) is 0 Å². The van der Waals surface area contributed by atoms with E-state index in [1.807, 2.05) is 30.3 Å². The van der Waals surface area contributed by atoms with E-state index < -0.39 is 0 Å². The highest BCUT2D eigenvalue weighted by molar-refractivity contribution is 5.82. The number of nitrogens with one attached hydrogen (secondary N) is 1. The van der Waals surface area contributed by atoms with Gasteiger partial charge in [0.05, 0.1) is 24.8 Å². The average Bonchev–Trinajstić information content (AvgIpc) is 2.87. The minimum atomic E-state index is -0.126. The first-order valence-electron chi connectivity index (χ1n) is 11.1. The lowest BCUT2D eigenvalue weighted by molar-refractivity contribution is -0.126. The van der Waals surface area contributed by atoms with Crippen molar-refractivity contribution in [3.05, 3.63) is 84.2 Å². The molecule has 3 heterocycles. The van der Waals surface area contributed by atoms with Gasteiger partial charge in [0, 0.05) is 44.3 Å². The molecule has 2 aliphatic rings. The number of ether oxygens (including phenoxy) is 1. The third-order valence-corrected chi connectivity index (χ3v) is 6.58. The molecule has 2 aliphatic heterocycles. The van der Waals surface area contributed by atoms with Crippen LogP contribution in [0.5, 0.6) is 5.75 Å². The number of hydrogen-bond donors (Lipinski definition) is 1. The molecular formula is C26H28N4O2. The van der Waals surface area contributed by atoms with Gasteiger partial charge in [-0.15, -0.1) is 0 Å². The van der Waals surface area contributed by atoms with Crippen LogP contribution in [-0.2, 0) is 17.8 Å². The normalized spacial score (nSPS) is 19.7. The fraction of sp³-hybridized carbons (Fsp3) is 0.308. The van der Waals surface area contributed by atoms with E-state index in [0.29, 0.717) is 6.54 Å². The minimum absolute atomic E-state index is 0.0949. The number of pyridine rings is 1. The molecule has 1 fully saturated rings. The van der Waals surface area contributed by atoms with E-state index in [9.17, 15) is 4.79 Å². The molecule has 0 aliphatic carbocycles. The number of hydrogen-bond acceptors (Lipinski definition) is 5. The van der Waals surface area contributed by atoms with Crippen LogP contribution < -0.4 is 19.9 Å². The van der Waals surface area contributed by atoms with Crippen molar-refractivity contribution in [3.63, 3.8) is 0 Å². The van der Waals surface area contributed by atoms with Crippen LogP contribution in [0.25, 0.3) is 0 Å². The van der Waals surface area contributed by atoms with Crippen molar-refractivity contribution in [2.24, 2.45) is 5.92 Å². The molecule has 2 atom stereocenters. The number of aromatic nitrogens is 1. The number of rotatable bonds is 5. The zero-order valence-electron chi connectivity index (χ0n) is 18.3. The Morgan fingerprint density at radius 3 is 2.69 bits per heavy atom. The molecule has 32 heavy (non-hydrogen) atoms. The maximum Gasteiger partial charge on any atom is 0.225 e. The zero-order valence-corrected chi connectivity index (χ0v) is 18.3. The first-order valence-corrected chi connectivity index (χ1v) is 11.1. The van der Waals surface area contributed by atoms with Crippen LogP contribution in [0.3, 0.4) is 0 Å². The summed E-state index contributed by atoms with van der Waals surface area (Å²) in [5, 5.41) is 3.16. The van der Waals surface area contributed by atoms with Gasteiger partial charge in [0.2, 0.25) is 5.91 Å². The van der Waals surface area contributed by atoms with E-state index in [2.05, 4.69) is 50.4 Å². The van der Waals surface area contributed by atoms with Crippen LogP contribution in [0.15, 0.2) is 73.1 Å². The highest BCUT2D eigenvalue weighted by atomic mass is 16.5. The van der Waals surface area contributed by atoms with Gasteiger partial charge < -0.3 is 19.9 Å². The monoisotopic (exact) mass is 428 g/mol. The highest BCUT2D eigenvalue weighted by Gasteiger charge is 2.41. The summed E-state index contributed by atoms with van der Waals surface area (Å²) in [5.41, 5.74) is 4.60. The molecule has 6 heteroatoms. The summed E-state index contributed by atoms with van der Waals surface area (Å²) in [7, 11) is 1.71. The Balaban J connectivity index is 1.41. The second kappa shape index (κ2) is 8.91. The molecule has 1 amide bonds. The van der Waals surface area contributed by atoms with Gasteiger partial charge in [0.1, 0.15) is 5.75 Å². The van der Waals surface area contributed by atoms with Gasteiger partial charge >= 0.3 is 0 Å². The van der Waals surface area contributed by atoms with Crippen LogP contribution in [-0.4, -0.2) is 43.7 Å². The number of fused-ring (bicyclic) bond motifs is 3. The van der Waals surface area contributed by atoms with Gasteiger partial charge in [0.25, 0.3) is 0 Å². The summed E-state index contributed by atoms with van der Waals surface area (Å²) in [6.45, 7) is 3.02. The van der Waals surface area contributed by atoms with Gasteiger partial charge in [-0.05, 0) is 41.8 Å². The molecule has 0 radical (unpaired) electrons. The van der Waals surface area contributed by atoms with E-state index in [1.165, 1.54) is 11.3 Å². The summed E-state index contributed by atoms with van der Waals surface area (Å²) in [6.07, 6.45) is 4.29. The lowest BCUT2D eigenvalue weighted by atomic mass is 9.83. The van der Waals surface area contributed by atoms with Gasteiger partial charge in [-0.25, -0.2) is 0 Å². The molecule has 2 aromatic carbocycles. The number of carbonyl (C=O) groups excluding carboxylic acids is 1. The van der Waals surface area contributed by atoms with Gasteiger partial charge in [-0.2, -0.15) is 0 Å². The fourth-order valence-corrected chi connectivity index (χ4v) is 4.99. The summed E-state index contributed by atoms with van der Waals surface area (Å²) < 4.78 is 5.61. The third-order valence-electron chi connectivity index (χ3n) is 6.58. The van der Waals surface area contributed by atoms with Crippen LogP contribution in [0.4, 0.5) is 11.4 Å². The molecule has 0 spiro atoms. The number of anilines is 2. The fourth-order valence-electron chi connectivity index (χ4n) is 4.99. The number of para-hydroxylation sites is 3. The van der Waals surface area contributed by atoms with E-state index in [-0.39, 0.29) is 17.9 Å². The average molecular weight is 429 g/mol. The van der Waals surface area contributed by atoms with E-state index in [4.69, 9.17) is 4.74 Å². The lowest BCUT2D eigenvalue weighted by Gasteiger charge is -2.49. The molecule has 1 saturated heterocycles. The molecular weight excluding hydrogens is 400 g/mol. The number of amides is 1. The first kappa shape index (κ1) is 20.4. The minimum Gasteiger partial charge on any atom is -0.495 e. The molecule has 6 nitrogen and oxygen atoms in total. The Morgan fingerprint density at radius 1 is 1.06 bits per heavy atom. The van der Waals surface area contributed by atoms with Crippen molar-refractivity contribution in [1.29, 1.82) is 0 Å². The van der Waals surface area contributed by atoms with Gasteiger partial charge in [-0.1, -0.05) is 36.4 Å². The highest BCUT2D eigenvalue weighted by Crippen LogP contribution is 2.38. The molecule has 1 N–H and O–H groups in total. The Kier molecular flexibility index (Phi) is 5.67. The van der Waals surface area contributed by atoms with E-state index >= 15 is 0 Å². The predicted molar refractivity (Wildman–Crippen MR) is 126 cm³/mol. The van der Waals surface area contributed by atoms with Crippen molar-refractivity contribution in [2.45, 2.75) is 19.0 Å². The van der Waals surface area contributed by atoms with Crippen LogP contribution in [0, 0.1) is 5.92 Å². The van der Waals surface area contributed by atoms with Crippen LogP contribution in [0.1, 0.15) is 11.1 Å². The van der Waals surface area contributed by atoms with Crippen molar-refractivity contribution >= 4 is 17.3 Å². The predicted octanol–water partition coefficient (Wildman–Crippen LogP) is 3.27. The topological polar surface area (TPSA) is 57.7 Å². The zero-order chi connectivity index (χ0) is 21.9. The second-order valence-corrected chi connectivity index (χ2v) is 8.40. The number of piperazine rings is 1. The molecule has 1 aromatic heterocycles. The third kappa shape index (κ3) is 3.88. The summed E-state index contributed by atoms with van der Waals surface area (Å²) in [5.74, 6) is 0.842. The molecule has 0 bridgehead atoms. The van der Waals surface area contributed by atoms with E-state index in [0.717, 1.165) is 43.1 Å². The molecule has 5 rings (SSSR count). The number of carbonyl (C=O) groups is 1. The standard InChI is InChI=1S/C26H28N4O2/c1-32-25-11-5-4-10-23(25)29-13-14-30-22-9-3-2-8-20(22)15-21(24(30)18-29)26(31)28-17-19-7-6-12-27-16-19/h2-12,16,21,24H,13-15,17-18H2,1H3,(H,28,31). The Bertz CT molecular complexity index is 1090. The first-order chi connectivity index (χ1) is 15.7. The Hall–Kier alpha value is -3.54.